The summed E-state index contributed by atoms with van der Waals surface area (Å²) >= 11 is 0. The minimum Gasteiger partial charge on any atom is -0.378 e. The number of likely N-dealkylation sites (tertiary alicyclic amines) is 1. The van der Waals surface area contributed by atoms with Gasteiger partial charge in [-0.25, -0.2) is 0 Å². The van der Waals surface area contributed by atoms with Crippen molar-refractivity contribution >= 4 is 17.6 Å². The van der Waals surface area contributed by atoms with Crippen molar-refractivity contribution in [3.05, 3.63) is 0 Å². The molecule has 8 nitrogen and oxygen atoms in total. The maximum atomic E-state index is 13.4. The van der Waals surface area contributed by atoms with Gasteiger partial charge in [-0.1, -0.05) is 34.6 Å². The van der Waals surface area contributed by atoms with Gasteiger partial charge in [0.1, 0.15) is 12.8 Å². The lowest BCUT2D eigenvalue weighted by molar-refractivity contribution is -0.321. The highest BCUT2D eigenvalue weighted by Gasteiger charge is 2.69. The number of carbonyl (C=O) groups is 3. The Kier molecular flexibility index (Phi) is 7.42. The Labute approximate surface area is 197 Å². The third-order valence-electron chi connectivity index (χ3n) is 7.46. The van der Waals surface area contributed by atoms with Gasteiger partial charge in [-0.05, 0) is 41.9 Å². The van der Waals surface area contributed by atoms with Crippen LogP contribution in [0.3, 0.4) is 0 Å². The molecule has 1 aliphatic carbocycles. The van der Waals surface area contributed by atoms with Crippen molar-refractivity contribution in [2.75, 3.05) is 19.7 Å². The fourth-order valence-corrected chi connectivity index (χ4v) is 5.53. The molecule has 3 aliphatic rings. The predicted octanol–water partition coefficient (Wildman–Crippen LogP) is 1.81. The molecule has 2 heterocycles. The molecule has 2 saturated heterocycles. The first kappa shape index (κ1) is 26.9. The summed E-state index contributed by atoms with van der Waals surface area (Å²) in [6, 6.07) is -2.01. The molecule has 194 valence electrons. The smallest absolute Gasteiger partial charge is 0.378 e. The standard InChI is InChI=1S/C23H36F3N3O5/c1-21(2,3)9-16(31)29-10-13-17(22(13,4)5)18(29)20(33)28-14(8-12-6-7-27-19(12)32)15(30)11-34-23(24,25)26/h12-14,16-18,31H,6-11H2,1-5H3,(H,27,32)(H,28,33)/t12-,13-,14-,16?,17-,18-/m0/s1. The zero-order valence-electron chi connectivity index (χ0n) is 20.4. The number of hydrogen-bond donors (Lipinski definition) is 3. The summed E-state index contributed by atoms with van der Waals surface area (Å²) in [5, 5.41) is 16.1. The Morgan fingerprint density at radius 1 is 1.29 bits per heavy atom. The molecule has 34 heavy (non-hydrogen) atoms. The van der Waals surface area contributed by atoms with Crippen LogP contribution in [0.2, 0.25) is 0 Å². The van der Waals surface area contributed by atoms with Crippen molar-refractivity contribution in [3.63, 3.8) is 0 Å². The molecule has 11 heteroatoms. The van der Waals surface area contributed by atoms with Crippen LogP contribution in [0.15, 0.2) is 0 Å². The number of fused-ring (bicyclic) bond motifs is 1. The Balaban J connectivity index is 1.76. The van der Waals surface area contributed by atoms with Crippen LogP contribution >= 0.6 is 0 Å². The van der Waals surface area contributed by atoms with E-state index in [1.807, 2.05) is 34.6 Å². The number of rotatable bonds is 9. The lowest BCUT2D eigenvalue weighted by Crippen LogP contribution is -2.55. The van der Waals surface area contributed by atoms with Gasteiger partial charge in [-0.15, -0.1) is 13.2 Å². The van der Waals surface area contributed by atoms with Gasteiger partial charge >= 0.3 is 6.36 Å². The van der Waals surface area contributed by atoms with Gasteiger partial charge in [0, 0.05) is 19.0 Å². The molecule has 0 radical (unpaired) electrons. The zero-order chi connectivity index (χ0) is 25.6. The average molecular weight is 492 g/mol. The van der Waals surface area contributed by atoms with Crippen LogP contribution in [0.5, 0.6) is 0 Å². The van der Waals surface area contributed by atoms with Crippen molar-refractivity contribution in [3.8, 4) is 0 Å². The lowest BCUT2D eigenvalue weighted by Gasteiger charge is -2.36. The third kappa shape index (κ3) is 6.09. The van der Waals surface area contributed by atoms with Gasteiger partial charge in [0.05, 0.1) is 12.1 Å². The number of carbonyl (C=O) groups excluding carboxylic acids is 3. The van der Waals surface area contributed by atoms with Gasteiger partial charge in [-0.3, -0.25) is 24.0 Å². The van der Waals surface area contributed by atoms with Gasteiger partial charge in [0.2, 0.25) is 11.8 Å². The fraction of sp³-hybridized carbons (Fsp3) is 0.870. The molecule has 0 aromatic rings. The number of amides is 2. The van der Waals surface area contributed by atoms with E-state index in [2.05, 4.69) is 15.4 Å². The first-order valence-electron chi connectivity index (χ1n) is 11.8. The Bertz CT molecular complexity index is 811. The van der Waals surface area contributed by atoms with Gasteiger partial charge in [-0.2, -0.15) is 0 Å². The zero-order valence-corrected chi connectivity index (χ0v) is 20.4. The number of piperidine rings is 1. The molecule has 0 aromatic carbocycles. The normalized spacial score (nSPS) is 30.4. The molecule has 1 unspecified atom stereocenters. The van der Waals surface area contributed by atoms with Gasteiger partial charge < -0.3 is 15.7 Å². The van der Waals surface area contributed by atoms with Crippen LogP contribution in [-0.2, 0) is 19.1 Å². The van der Waals surface area contributed by atoms with Crippen molar-refractivity contribution < 1.29 is 37.4 Å². The largest absolute Gasteiger partial charge is 0.522 e. The number of nitrogens with one attached hydrogen (secondary N) is 2. The van der Waals surface area contributed by atoms with E-state index in [1.165, 1.54) is 0 Å². The van der Waals surface area contributed by atoms with Crippen molar-refractivity contribution in [1.29, 1.82) is 0 Å². The quantitative estimate of drug-likeness (QED) is 0.454. The van der Waals surface area contributed by atoms with Crippen LogP contribution in [0.1, 0.15) is 53.9 Å². The number of alkyl halides is 3. The summed E-state index contributed by atoms with van der Waals surface area (Å²) in [4.78, 5) is 39.8. The number of ketones is 1. The number of aliphatic hydroxyl groups excluding tert-OH is 1. The number of hydrogen-bond acceptors (Lipinski definition) is 6. The summed E-state index contributed by atoms with van der Waals surface area (Å²) in [5.74, 6) is -2.20. The van der Waals surface area contributed by atoms with E-state index in [4.69, 9.17) is 0 Å². The highest BCUT2D eigenvalue weighted by molar-refractivity contribution is 5.93. The molecular weight excluding hydrogens is 455 g/mol. The number of nitrogens with zero attached hydrogens (tertiary/aromatic N) is 1. The molecule has 3 fully saturated rings. The van der Waals surface area contributed by atoms with E-state index in [0.29, 0.717) is 25.9 Å². The third-order valence-corrected chi connectivity index (χ3v) is 7.46. The predicted molar refractivity (Wildman–Crippen MR) is 116 cm³/mol. The average Bonchev–Trinajstić information content (AvgIpc) is 3.06. The Morgan fingerprint density at radius 2 is 1.94 bits per heavy atom. The molecule has 0 aromatic heterocycles. The van der Waals surface area contributed by atoms with Crippen molar-refractivity contribution in [2.45, 2.75) is 78.6 Å². The second kappa shape index (κ2) is 9.39. The van der Waals surface area contributed by atoms with E-state index in [9.17, 15) is 32.7 Å². The monoisotopic (exact) mass is 491 g/mol. The van der Waals surface area contributed by atoms with E-state index >= 15 is 0 Å². The SMILES string of the molecule is CC(C)(C)CC(O)N1C[C@H]2[C@@H]([C@H]1C(=O)N[C@@H](C[C@@H]1CCNC1=O)C(=O)COC(F)(F)F)C2(C)C. The van der Waals surface area contributed by atoms with Crippen LogP contribution in [0.25, 0.3) is 0 Å². The second-order valence-electron chi connectivity index (χ2n) is 11.6. The van der Waals surface area contributed by atoms with Crippen molar-refractivity contribution in [2.24, 2.45) is 28.6 Å². The summed E-state index contributed by atoms with van der Waals surface area (Å²) in [6.45, 7) is 9.70. The number of aliphatic hydroxyl groups is 1. The summed E-state index contributed by atoms with van der Waals surface area (Å²) in [6.07, 6.45) is -5.11. The second-order valence-corrected chi connectivity index (χ2v) is 11.6. The van der Waals surface area contributed by atoms with Crippen LogP contribution in [0, 0.1) is 28.6 Å². The summed E-state index contributed by atoms with van der Waals surface area (Å²) in [7, 11) is 0. The molecule has 6 atom stereocenters. The molecule has 0 bridgehead atoms. The lowest BCUT2D eigenvalue weighted by atomic mass is 9.90. The maximum absolute atomic E-state index is 13.4. The van der Waals surface area contributed by atoms with E-state index in [0.717, 1.165) is 0 Å². The maximum Gasteiger partial charge on any atom is 0.522 e. The minimum absolute atomic E-state index is 0.0425. The molecule has 3 N–H and O–H groups in total. The molecule has 0 spiro atoms. The molecule has 2 aliphatic heterocycles. The molecule has 1 saturated carbocycles. The van der Waals surface area contributed by atoms with E-state index in [-0.39, 0.29) is 35.0 Å². The summed E-state index contributed by atoms with van der Waals surface area (Å²) < 4.78 is 41.2. The summed E-state index contributed by atoms with van der Waals surface area (Å²) in [5.41, 5.74) is -0.309. The highest BCUT2D eigenvalue weighted by atomic mass is 19.4. The van der Waals surface area contributed by atoms with Gasteiger partial charge in [0.25, 0.3) is 0 Å². The number of halogens is 3. The van der Waals surface area contributed by atoms with Gasteiger partial charge in [0.15, 0.2) is 5.78 Å². The molecular formula is C23H36F3N3O5. The topological polar surface area (TPSA) is 108 Å². The van der Waals surface area contributed by atoms with Crippen LogP contribution in [0.4, 0.5) is 13.2 Å². The van der Waals surface area contributed by atoms with Crippen molar-refractivity contribution in [1.82, 2.24) is 15.5 Å². The number of ether oxygens (including phenoxy) is 1. The minimum atomic E-state index is -4.99. The van der Waals surface area contributed by atoms with E-state index in [1.54, 1.807) is 4.90 Å². The highest BCUT2D eigenvalue weighted by Crippen LogP contribution is 2.65. The molecule has 3 rings (SSSR count). The number of Topliss-reactive ketones (excluding diaryl/α,β-unsaturated/α-hetero) is 1. The fourth-order valence-electron chi connectivity index (χ4n) is 5.53. The van der Waals surface area contributed by atoms with E-state index < -0.39 is 48.9 Å². The van der Waals surface area contributed by atoms with Crippen LogP contribution < -0.4 is 10.6 Å². The Morgan fingerprint density at radius 3 is 2.47 bits per heavy atom. The first-order chi connectivity index (χ1) is 15.5. The molecule has 2 amide bonds. The first-order valence-corrected chi connectivity index (χ1v) is 11.8. The van der Waals surface area contributed by atoms with Crippen LogP contribution in [-0.4, -0.2) is 72.0 Å². The Hall–Kier alpha value is -1.72.